The lowest BCUT2D eigenvalue weighted by atomic mass is 10.1. The molecule has 0 atom stereocenters. The zero-order valence-electron chi connectivity index (χ0n) is 10.2. The summed E-state index contributed by atoms with van der Waals surface area (Å²) in [5, 5.41) is 11.3. The number of amides is 1. The van der Waals surface area contributed by atoms with Crippen LogP contribution in [0.25, 0.3) is 0 Å². The van der Waals surface area contributed by atoms with Crippen LogP contribution < -0.4 is 5.32 Å². The van der Waals surface area contributed by atoms with Crippen molar-refractivity contribution in [3.63, 3.8) is 0 Å². The number of thiophene rings is 1. The molecule has 0 aromatic carbocycles. The molecule has 0 aliphatic heterocycles. The first-order valence-electron chi connectivity index (χ1n) is 5.95. The van der Waals surface area contributed by atoms with Gasteiger partial charge < -0.3 is 10.4 Å². The van der Waals surface area contributed by atoms with Crippen molar-refractivity contribution in [1.82, 2.24) is 5.32 Å². The zero-order chi connectivity index (χ0) is 14.3. The van der Waals surface area contributed by atoms with E-state index in [0.717, 1.165) is 27.5 Å². The van der Waals surface area contributed by atoms with Crippen LogP contribution >= 0.6 is 43.2 Å². The zero-order valence-corrected chi connectivity index (χ0v) is 14.2. The van der Waals surface area contributed by atoms with E-state index in [2.05, 4.69) is 37.2 Å². The fraction of sp³-hybridized carbons (Fsp3) is 0.500. The second-order valence-electron chi connectivity index (χ2n) is 4.05. The Morgan fingerprint density at radius 2 is 1.89 bits per heavy atom. The molecule has 1 amide bonds. The van der Waals surface area contributed by atoms with E-state index in [4.69, 9.17) is 5.11 Å². The van der Waals surface area contributed by atoms with E-state index in [9.17, 15) is 9.59 Å². The maximum atomic E-state index is 11.8. The first-order valence-corrected chi connectivity index (χ1v) is 8.36. The molecule has 1 heterocycles. The van der Waals surface area contributed by atoms with E-state index in [1.54, 1.807) is 6.07 Å². The van der Waals surface area contributed by atoms with Crippen LogP contribution in [-0.4, -0.2) is 23.5 Å². The van der Waals surface area contributed by atoms with Crippen LogP contribution in [0.5, 0.6) is 0 Å². The molecular formula is C12H15Br2NO3S. The molecule has 0 unspecified atom stereocenters. The highest BCUT2D eigenvalue weighted by Gasteiger charge is 2.11. The SMILES string of the molecule is O=C(O)CCCCCCNC(=O)c1cc(Br)c(Br)s1. The molecule has 0 saturated carbocycles. The number of unbranched alkanes of at least 4 members (excludes halogenated alkanes) is 3. The van der Waals surface area contributed by atoms with Gasteiger partial charge in [0, 0.05) is 17.4 Å². The van der Waals surface area contributed by atoms with Crippen molar-refractivity contribution in [2.24, 2.45) is 0 Å². The number of halogens is 2. The van der Waals surface area contributed by atoms with Crippen molar-refractivity contribution >= 4 is 55.1 Å². The summed E-state index contributed by atoms with van der Waals surface area (Å²) < 4.78 is 1.79. The van der Waals surface area contributed by atoms with Crippen LogP contribution in [0.1, 0.15) is 41.8 Å². The van der Waals surface area contributed by atoms with Gasteiger partial charge in [0.1, 0.15) is 0 Å². The third-order valence-electron chi connectivity index (χ3n) is 2.47. The van der Waals surface area contributed by atoms with E-state index in [1.807, 2.05) is 0 Å². The average Bonchev–Trinajstić information content (AvgIpc) is 2.68. The Morgan fingerprint density at radius 1 is 1.21 bits per heavy atom. The van der Waals surface area contributed by atoms with Crippen molar-refractivity contribution in [2.75, 3.05) is 6.54 Å². The number of rotatable bonds is 8. The van der Waals surface area contributed by atoms with Gasteiger partial charge in [0.15, 0.2) is 0 Å². The Bertz CT molecular complexity index is 429. The lowest BCUT2D eigenvalue weighted by Crippen LogP contribution is -2.23. The highest BCUT2D eigenvalue weighted by atomic mass is 79.9. The monoisotopic (exact) mass is 411 g/mol. The standard InChI is InChI=1S/C12H15Br2NO3S/c13-8-7-9(19-11(8)14)12(18)15-6-4-2-1-3-5-10(16)17/h7H,1-6H2,(H,15,18)(H,16,17). The van der Waals surface area contributed by atoms with Gasteiger partial charge in [-0.05, 0) is 50.8 Å². The molecule has 1 rings (SSSR count). The highest BCUT2D eigenvalue weighted by molar-refractivity contribution is 9.13. The predicted octanol–water partition coefficient (Wildman–Crippen LogP) is 4.04. The Kier molecular flexibility index (Phi) is 7.63. The molecule has 19 heavy (non-hydrogen) atoms. The molecule has 0 aliphatic carbocycles. The van der Waals surface area contributed by atoms with Crippen LogP contribution in [0.4, 0.5) is 0 Å². The van der Waals surface area contributed by atoms with Crippen molar-refractivity contribution in [3.8, 4) is 0 Å². The molecule has 2 N–H and O–H groups in total. The molecule has 0 fully saturated rings. The molecule has 0 radical (unpaired) electrons. The number of hydrogen-bond acceptors (Lipinski definition) is 3. The van der Waals surface area contributed by atoms with E-state index in [0.29, 0.717) is 17.8 Å². The Balaban J connectivity index is 2.12. The number of nitrogens with one attached hydrogen (secondary N) is 1. The van der Waals surface area contributed by atoms with Crippen molar-refractivity contribution < 1.29 is 14.7 Å². The van der Waals surface area contributed by atoms with Gasteiger partial charge in [-0.3, -0.25) is 9.59 Å². The smallest absolute Gasteiger partial charge is 0.303 e. The van der Waals surface area contributed by atoms with Gasteiger partial charge >= 0.3 is 5.97 Å². The van der Waals surface area contributed by atoms with Crippen LogP contribution in [0, 0.1) is 0 Å². The number of carbonyl (C=O) groups excluding carboxylic acids is 1. The molecule has 0 bridgehead atoms. The summed E-state index contributed by atoms with van der Waals surface area (Å²) in [6.45, 7) is 0.624. The minimum absolute atomic E-state index is 0.0677. The predicted molar refractivity (Wildman–Crippen MR) is 82.8 cm³/mol. The van der Waals surface area contributed by atoms with E-state index in [-0.39, 0.29) is 12.3 Å². The minimum Gasteiger partial charge on any atom is -0.481 e. The first-order chi connectivity index (χ1) is 9.00. The fourth-order valence-electron chi connectivity index (χ4n) is 1.50. The summed E-state index contributed by atoms with van der Waals surface area (Å²) in [4.78, 5) is 22.7. The number of hydrogen-bond donors (Lipinski definition) is 2. The maximum absolute atomic E-state index is 11.8. The fourth-order valence-corrected chi connectivity index (χ4v) is 3.45. The Labute approximate surface area is 132 Å². The molecule has 0 spiro atoms. The summed E-state index contributed by atoms with van der Waals surface area (Å²) in [5.41, 5.74) is 0. The number of carbonyl (C=O) groups is 2. The molecule has 4 nitrogen and oxygen atoms in total. The highest BCUT2D eigenvalue weighted by Crippen LogP contribution is 2.32. The third-order valence-corrected chi connectivity index (χ3v) is 5.73. The van der Waals surface area contributed by atoms with Gasteiger partial charge in [-0.15, -0.1) is 11.3 Å². The molecule has 1 aromatic rings. The lowest BCUT2D eigenvalue weighted by Gasteiger charge is -2.03. The number of carboxylic acid groups (broad SMARTS) is 1. The van der Waals surface area contributed by atoms with Crippen LogP contribution in [0.15, 0.2) is 14.3 Å². The van der Waals surface area contributed by atoms with Gasteiger partial charge in [0.25, 0.3) is 5.91 Å². The summed E-state index contributed by atoms with van der Waals surface area (Å²) >= 11 is 8.08. The van der Waals surface area contributed by atoms with Gasteiger partial charge in [0.05, 0.1) is 8.66 Å². The molecular weight excluding hydrogens is 398 g/mol. The largest absolute Gasteiger partial charge is 0.481 e. The average molecular weight is 413 g/mol. The molecule has 0 aliphatic rings. The summed E-state index contributed by atoms with van der Waals surface area (Å²) in [7, 11) is 0. The minimum atomic E-state index is -0.748. The molecule has 1 aromatic heterocycles. The van der Waals surface area contributed by atoms with Crippen LogP contribution in [-0.2, 0) is 4.79 Å². The summed E-state index contributed by atoms with van der Waals surface area (Å²) in [6, 6.07) is 1.79. The third kappa shape index (κ3) is 6.54. The van der Waals surface area contributed by atoms with Crippen molar-refractivity contribution in [2.45, 2.75) is 32.1 Å². The normalized spacial score (nSPS) is 10.4. The molecule has 106 valence electrons. The van der Waals surface area contributed by atoms with E-state index in [1.165, 1.54) is 11.3 Å². The van der Waals surface area contributed by atoms with E-state index >= 15 is 0 Å². The first kappa shape index (κ1) is 16.7. The molecule has 7 heteroatoms. The van der Waals surface area contributed by atoms with Gasteiger partial charge in [-0.2, -0.15) is 0 Å². The second-order valence-corrected chi connectivity index (χ2v) is 7.27. The second kappa shape index (κ2) is 8.71. The van der Waals surface area contributed by atoms with Crippen molar-refractivity contribution in [3.05, 3.63) is 19.2 Å². The number of carboxylic acids is 1. The topological polar surface area (TPSA) is 66.4 Å². The Morgan fingerprint density at radius 3 is 2.47 bits per heavy atom. The van der Waals surface area contributed by atoms with E-state index < -0.39 is 5.97 Å². The number of aliphatic carboxylic acids is 1. The molecule has 0 saturated heterocycles. The maximum Gasteiger partial charge on any atom is 0.303 e. The summed E-state index contributed by atoms with van der Waals surface area (Å²) in [6.07, 6.45) is 3.63. The van der Waals surface area contributed by atoms with Gasteiger partial charge in [-0.25, -0.2) is 0 Å². The van der Waals surface area contributed by atoms with Gasteiger partial charge in [-0.1, -0.05) is 12.8 Å². The quantitative estimate of drug-likeness (QED) is 0.633. The summed E-state index contributed by atoms with van der Waals surface area (Å²) in [5.74, 6) is -0.816. The van der Waals surface area contributed by atoms with Gasteiger partial charge in [0.2, 0.25) is 0 Å². The Hall–Kier alpha value is -0.400. The van der Waals surface area contributed by atoms with Crippen LogP contribution in [0.2, 0.25) is 0 Å². The van der Waals surface area contributed by atoms with Crippen molar-refractivity contribution in [1.29, 1.82) is 0 Å². The van der Waals surface area contributed by atoms with Crippen LogP contribution in [0.3, 0.4) is 0 Å². The lowest BCUT2D eigenvalue weighted by molar-refractivity contribution is -0.137.